The zero-order valence-electron chi connectivity index (χ0n) is 21.9. The first-order valence-electron chi connectivity index (χ1n) is 12.8. The van der Waals surface area contributed by atoms with Crippen LogP contribution in [0.5, 0.6) is 0 Å². The summed E-state index contributed by atoms with van der Waals surface area (Å²) in [4.78, 5) is 50.2. The molecule has 10 nitrogen and oxygen atoms in total. The van der Waals surface area contributed by atoms with Crippen molar-refractivity contribution in [2.75, 3.05) is 36.4 Å². The third-order valence-electron chi connectivity index (χ3n) is 7.21. The number of nitrogens with zero attached hydrogens (tertiary/aromatic N) is 2. The molecule has 2 amide bonds. The molecule has 222 valence electrons. The Kier molecular flexibility index (Phi) is 10.2. The maximum absolute atomic E-state index is 12.6. The van der Waals surface area contributed by atoms with Crippen molar-refractivity contribution in [2.45, 2.75) is 43.8 Å². The quantitative estimate of drug-likeness (QED) is 0.385. The number of alkyl halides is 3. The van der Waals surface area contributed by atoms with Gasteiger partial charge < -0.3 is 26.2 Å². The molecule has 5 N–H and O–H groups in total. The van der Waals surface area contributed by atoms with Crippen LogP contribution in [0.25, 0.3) is 0 Å². The summed E-state index contributed by atoms with van der Waals surface area (Å²) in [5.41, 5.74) is 6.57. The van der Waals surface area contributed by atoms with Gasteiger partial charge in [0, 0.05) is 29.4 Å². The van der Waals surface area contributed by atoms with Crippen LogP contribution in [0.4, 0.5) is 24.5 Å². The van der Waals surface area contributed by atoms with Gasteiger partial charge in [-0.1, -0.05) is 18.0 Å². The zero-order valence-corrected chi connectivity index (χ0v) is 22.7. The van der Waals surface area contributed by atoms with Crippen molar-refractivity contribution < 1.29 is 42.6 Å². The van der Waals surface area contributed by atoms with Crippen LogP contribution >= 0.6 is 11.6 Å². The van der Waals surface area contributed by atoms with E-state index in [2.05, 4.69) is 15.1 Å². The number of aromatic carboxylic acids is 1. The molecule has 0 radical (unpaired) electrons. The Labute approximate surface area is 238 Å². The van der Waals surface area contributed by atoms with Crippen LogP contribution in [0.1, 0.15) is 52.8 Å². The second kappa shape index (κ2) is 13.2. The van der Waals surface area contributed by atoms with E-state index in [1.165, 1.54) is 6.42 Å². The Morgan fingerprint density at radius 1 is 0.902 bits per heavy atom. The van der Waals surface area contributed by atoms with Crippen LogP contribution < -0.4 is 16.0 Å². The number of hydrogen-bond donors (Lipinski definition) is 4. The molecule has 2 aromatic rings. The van der Waals surface area contributed by atoms with Crippen LogP contribution in [0.2, 0.25) is 5.02 Å². The van der Waals surface area contributed by atoms with Gasteiger partial charge in [0.05, 0.1) is 11.3 Å². The summed E-state index contributed by atoms with van der Waals surface area (Å²) in [6, 6.07) is 11.3. The van der Waals surface area contributed by atoms with Crippen molar-refractivity contribution >= 4 is 46.7 Å². The zero-order chi connectivity index (χ0) is 30.4. The SMILES string of the molecule is NC(=O)C1(N2CCCCC2)CCN(c2ccc(NC(=O)c3ccc(Cl)cc3)c(C(=O)O)c2)CC1.O=C(O)C(F)(F)F. The van der Waals surface area contributed by atoms with E-state index in [4.69, 9.17) is 27.2 Å². The van der Waals surface area contributed by atoms with Crippen LogP contribution in [0.15, 0.2) is 42.5 Å². The van der Waals surface area contributed by atoms with Crippen LogP contribution in [-0.4, -0.2) is 76.8 Å². The molecular weight excluding hydrogens is 569 g/mol. The molecule has 0 bridgehead atoms. The lowest BCUT2D eigenvalue weighted by atomic mass is 9.83. The third kappa shape index (κ3) is 7.88. The fourth-order valence-electron chi connectivity index (χ4n) is 4.99. The summed E-state index contributed by atoms with van der Waals surface area (Å²) in [6.45, 7) is 2.95. The van der Waals surface area contributed by atoms with Crippen molar-refractivity contribution in [3.63, 3.8) is 0 Å². The van der Waals surface area contributed by atoms with Gasteiger partial charge in [-0.3, -0.25) is 14.5 Å². The number of carboxylic acid groups (broad SMARTS) is 2. The number of anilines is 2. The Balaban J connectivity index is 0.000000587. The molecule has 2 aromatic carbocycles. The van der Waals surface area contributed by atoms with E-state index in [1.54, 1.807) is 42.5 Å². The Morgan fingerprint density at radius 2 is 1.46 bits per heavy atom. The minimum Gasteiger partial charge on any atom is -0.478 e. The molecular formula is C27H30ClF3N4O6. The van der Waals surface area contributed by atoms with E-state index >= 15 is 0 Å². The van der Waals surface area contributed by atoms with Gasteiger partial charge in [0.1, 0.15) is 5.54 Å². The molecule has 2 heterocycles. The van der Waals surface area contributed by atoms with Gasteiger partial charge in [0.2, 0.25) is 5.91 Å². The average molecular weight is 599 g/mol. The lowest BCUT2D eigenvalue weighted by Gasteiger charge is -2.48. The number of benzene rings is 2. The molecule has 2 aliphatic heterocycles. The van der Waals surface area contributed by atoms with E-state index in [-0.39, 0.29) is 17.2 Å². The molecule has 4 rings (SSSR count). The van der Waals surface area contributed by atoms with E-state index in [1.807, 2.05) is 0 Å². The number of halogens is 4. The number of hydrogen-bond acceptors (Lipinski definition) is 6. The number of primary amides is 1. The highest BCUT2D eigenvalue weighted by Crippen LogP contribution is 2.34. The minimum atomic E-state index is -5.08. The molecule has 41 heavy (non-hydrogen) atoms. The number of amides is 2. The molecule has 0 aliphatic carbocycles. The topological polar surface area (TPSA) is 153 Å². The molecule has 2 fully saturated rings. The van der Waals surface area contributed by atoms with Crippen LogP contribution in [0, 0.1) is 0 Å². The Hall–Kier alpha value is -3.84. The standard InChI is InChI=1S/C25H29ClN4O4.C2HF3O2/c26-18-6-4-17(5-7-18)22(31)28-21-9-8-19(16-20(21)23(32)33)29-14-10-25(11-15-29,24(27)34)30-12-2-1-3-13-30;3-2(4,5)1(6)7/h4-9,16H,1-3,10-15H2,(H2,27,34)(H,28,31)(H,32,33);(H,6,7). The van der Waals surface area contributed by atoms with Crippen LogP contribution in [0.3, 0.4) is 0 Å². The summed E-state index contributed by atoms with van der Waals surface area (Å²) in [7, 11) is 0. The number of piperidine rings is 2. The van der Waals surface area contributed by atoms with E-state index in [9.17, 15) is 32.7 Å². The number of aliphatic carboxylic acids is 1. The molecule has 0 spiro atoms. The van der Waals surface area contributed by atoms with Crippen molar-refractivity contribution in [3.05, 3.63) is 58.6 Å². The summed E-state index contributed by atoms with van der Waals surface area (Å²) in [6.07, 6.45) is -0.566. The molecule has 0 saturated carbocycles. The third-order valence-corrected chi connectivity index (χ3v) is 7.46. The lowest BCUT2D eigenvalue weighted by Crippen LogP contribution is -2.63. The van der Waals surface area contributed by atoms with Gasteiger partial charge >= 0.3 is 18.1 Å². The number of carbonyl (C=O) groups is 4. The minimum absolute atomic E-state index is 0.00239. The Bertz CT molecular complexity index is 1270. The molecule has 0 aromatic heterocycles. The number of carboxylic acids is 2. The normalized spacial score (nSPS) is 17.1. The van der Waals surface area contributed by atoms with Crippen molar-refractivity contribution in [3.8, 4) is 0 Å². The van der Waals surface area contributed by atoms with Crippen molar-refractivity contribution in [1.82, 2.24) is 4.90 Å². The fraction of sp³-hybridized carbons (Fsp3) is 0.407. The first-order chi connectivity index (χ1) is 19.2. The number of carbonyl (C=O) groups excluding carboxylic acids is 2. The number of rotatable bonds is 6. The smallest absolute Gasteiger partial charge is 0.478 e. The number of likely N-dealkylation sites (tertiary alicyclic amines) is 1. The van der Waals surface area contributed by atoms with Gasteiger partial charge in [-0.05, 0) is 81.2 Å². The highest BCUT2D eigenvalue weighted by atomic mass is 35.5. The molecule has 2 aliphatic rings. The van der Waals surface area contributed by atoms with Gasteiger partial charge in [0.15, 0.2) is 0 Å². The van der Waals surface area contributed by atoms with Crippen LogP contribution in [-0.2, 0) is 9.59 Å². The highest BCUT2D eigenvalue weighted by molar-refractivity contribution is 6.30. The fourth-order valence-corrected chi connectivity index (χ4v) is 5.11. The molecule has 14 heteroatoms. The monoisotopic (exact) mass is 598 g/mol. The van der Waals surface area contributed by atoms with Crippen molar-refractivity contribution in [2.24, 2.45) is 5.73 Å². The second-order valence-corrected chi connectivity index (χ2v) is 10.2. The summed E-state index contributed by atoms with van der Waals surface area (Å²) in [5, 5.41) is 20.1. The first kappa shape index (κ1) is 31.7. The van der Waals surface area contributed by atoms with E-state index in [0.717, 1.165) is 31.6 Å². The maximum atomic E-state index is 12.6. The van der Waals surface area contributed by atoms with Gasteiger partial charge in [-0.25, -0.2) is 9.59 Å². The molecule has 0 atom stereocenters. The Morgan fingerprint density at radius 3 is 1.95 bits per heavy atom. The largest absolute Gasteiger partial charge is 0.490 e. The van der Waals surface area contributed by atoms with Gasteiger partial charge in [-0.15, -0.1) is 0 Å². The van der Waals surface area contributed by atoms with Crippen molar-refractivity contribution in [1.29, 1.82) is 0 Å². The van der Waals surface area contributed by atoms with E-state index < -0.39 is 29.6 Å². The number of nitrogens with two attached hydrogens (primary N) is 1. The molecule has 2 saturated heterocycles. The predicted molar refractivity (Wildman–Crippen MR) is 145 cm³/mol. The summed E-state index contributed by atoms with van der Waals surface area (Å²) < 4.78 is 31.7. The highest BCUT2D eigenvalue weighted by Gasteiger charge is 2.45. The predicted octanol–water partition coefficient (Wildman–Crippen LogP) is 4.23. The number of nitrogens with one attached hydrogen (secondary N) is 1. The van der Waals surface area contributed by atoms with Gasteiger partial charge in [0.25, 0.3) is 5.91 Å². The summed E-state index contributed by atoms with van der Waals surface area (Å²) >= 11 is 5.87. The van der Waals surface area contributed by atoms with Gasteiger partial charge in [-0.2, -0.15) is 13.2 Å². The second-order valence-electron chi connectivity index (χ2n) is 9.73. The lowest BCUT2D eigenvalue weighted by molar-refractivity contribution is -0.192. The average Bonchev–Trinajstić information content (AvgIpc) is 2.93. The first-order valence-corrected chi connectivity index (χ1v) is 13.2. The van der Waals surface area contributed by atoms with E-state index in [0.29, 0.717) is 36.5 Å². The summed E-state index contributed by atoms with van der Waals surface area (Å²) in [5.74, 6) is -4.59. The molecule has 0 unspecified atom stereocenters. The maximum Gasteiger partial charge on any atom is 0.490 e.